The summed E-state index contributed by atoms with van der Waals surface area (Å²) < 4.78 is 137. The molecular weight excluding hydrogens is 1950 g/mol. The van der Waals surface area contributed by atoms with Crippen LogP contribution in [0, 0.1) is 5.41 Å². The van der Waals surface area contributed by atoms with Crippen molar-refractivity contribution in [3.8, 4) is 34.5 Å². The van der Waals surface area contributed by atoms with Gasteiger partial charge in [-0.3, -0.25) is 48.1 Å². The zero-order valence-corrected chi connectivity index (χ0v) is 78.7. The monoisotopic (exact) mass is 2040 g/mol. The van der Waals surface area contributed by atoms with Crippen LogP contribution in [0.4, 0.5) is 35.1 Å². The third kappa shape index (κ3) is 22.4. The molecule has 4 aromatic carbocycles. The lowest BCUT2D eigenvalue weighted by atomic mass is 9.38. The number of benzene rings is 4. The van der Waals surface area contributed by atoms with E-state index in [-0.39, 0.29) is 107 Å². The van der Waals surface area contributed by atoms with Crippen molar-refractivity contribution in [3.05, 3.63) is 204 Å². The SMILES string of the molecule is CC(F)c1cc(C(=O)NC23CCC(NC(=O)C4CC(=O)c5cc(Cl)ccc5O4)(CC2)[C@@H](O)C3)on1.CC(F)c1cnc(C(=O)CC23CC(NC(=O)C4CC(O)c5cc(Cl)ccc5O4)(C2)C3)cn1.O=C(NC12CCC(NC(=O)[C@@H]3C[C@H](O)c4cc(Cl)ccc4O3)(CC1)CC2)c1ccc(OC(F)(F)F)cn1.O=C(NC12CCC(NC(=O)[C@H]3C[C@@H](O)c4cc(Cl)ccc4O3)(CC1)CC2)c1ccc(OC(F)(F)F)cn1. The molecular formula is C97H98Cl4F8N12O20. The number of hydrogen-bond donors (Lipinski definition) is 11. The van der Waals surface area contributed by atoms with Crippen molar-refractivity contribution in [1.82, 2.24) is 62.3 Å². The number of aliphatic hydroxyl groups excluding tert-OH is 4. The van der Waals surface area contributed by atoms with Gasteiger partial charge in [-0.05, 0) is 245 Å². The largest absolute Gasteiger partial charge is 0.573 e. The van der Waals surface area contributed by atoms with Gasteiger partial charge in [-0.2, -0.15) is 0 Å². The Labute approximate surface area is 820 Å². The number of carbonyl (C=O) groups excluding carboxylic acids is 9. The van der Waals surface area contributed by atoms with Gasteiger partial charge in [-0.15, -0.1) is 26.3 Å². The number of alkyl halides is 8. The van der Waals surface area contributed by atoms with Crippen molar-refractivity contribution < 1.29 is 132 Å². The maximum absolute atomic E-state index is 13.4. The summed E-state index contributed by atoms with van der Waals surface area (Å²) in [6, 6.07) is 25.2. The number of carbonyl (C=O) groups is 9. The first-order chi connectivity index (χ1) is 66.7. The van der Waals surface area contributed by atoms with Crippen LogP contribution in [0.15, 0.2) is 132 Å². The highest BCUT2D eigenvalue weighted by molar-refractivity contribution is 6.32. The Hall–Kier alpha value is -11.7. The van der Waals surface area contributed by atoms with Gasteiger partial charge in [0.1, 0.15) is 69.6 Å². The minimum Gasteiger partial charge on any atom is -0.480 e. The van der Waals surface area contributed by atoms with E-state index in [1.807, 2.05) is 0 Å². The number of pyridine rings is 2. The summed E-state index contributed by atoms with van der Waals surface area (Å²) in [4.78, 5) is 131. The Morgan fingerprint density at radius 1 is 0.426 bits per heavy atom. The van der Waals surface area contributed by atoms with E-state index in [1.165, 1.54) is 50.5 Å². The lowest BCUT2D eigenvalue weighted by Crippen LogP contribution is -2.75. The number of hydrogen-bond acceptors (Lipinski definition) is 25. The number of halogens is 12. The third-order valence-corrected chi connectivity index (χ3v) is 30.2. The van der Waals surface area contributed by atoms with Crippen molar-refractivity contribution in [1.29, 1.82) is 0 Å². The van der Waals surface area contributed by atoms with Gasteiger partial charge in [0.05, 0.1) is 72.4 Å². The number of nitrogens with zero attached hydrogens (tertiary/aromatic N) is 5. The number of Topliss-reactive ketones (excluding diaryl/α,β-unsaturated/α-hetero) is 2. The summed E-state index contributed by atoms with van der Waals surface area (Å²) in [6.45, 7) is 2.67. The number of amides is 7. The minimum atomic E-state index is -4.84. The molecule has 8 heterocycles. The van der Waals surface area contributed by atoms with Gasteiger partial charge in [-0.1, -0.05) is 51.6 Å². The fourth-order valence-corrected chi connectivity index (χ4v) is 22.4. The first-order valence-electron chi connectivity index (χ1n) is 46.1. The molecule has 16 aliphatic rings. The number of ketones is 2. The quantitative estimate of drug-likeness (QED) is 0.0235. The Morgan fingerprint density at radius 2 is 0.801 bits per heavy atom. The molecule has 12 aliphatic carbocycles. The Balaban J connectivity index is 0.000000130. The number of aliphatic hydroxyl groups is 4. The second kappa shape index (κ2) is 39.2. The number of nitrogens with one attached hydrogen (secondary N) is 7. The van der Waals surface area contributed by atoms with Gasteiger partial charge >= 0.3 is 12.7 Å². The second-order valence-electron chi connectivity index (χ2n) is 39.0. The summed E-state index contributed by atoms with van der Waals surface area (Å²) in [5, 5.41) is 69.1. The van der Waals surface area contributed by atoms with Crippen molar-refractivity contribution in [2.45, 2.75) is 287 Å². The molecule has 750 valence electrons. The number of fused-ring (bicyclic) bond motifs is 13. The molecule has 32 nitrogen and oxygen atoms in total. The van der Waals surface area contributed by atoms with Crippen LogP contribution in [-0.2, 0) is 19.2 Å². The minimum absolute atomic E-state index is 0.00538. The summed E-state index contributed by atoms with van der Waals surface area (Å²) in [6.07, 6.45) is -2.33. The van der Waals surface area contributed by atoms with E-state index in [0.717, 1.165) is 24.5 Å². The van der Waals surface area contributed by atoms with E-state index in [2.05, 4.69) is 71.8 Å². The first kappa shape index (κ1) is 101. The molecule has 12 fully saturated rings. The Bertz CT molecular complexity index is 5900. The highest BCUT2D eigenvalue weighted by atomic mass is 35.5. The molecule has 8 aromatic rings. The Morgan fingerprint density at radius 3 is 1.18 bits per heavy atom. The lowest BCUT2D eigenvalue weighted by molar-refractivity contribution is -0.275. The summed E-state index contributed by atoms with van der Waals surface area (Å²) in [5.41, 5.74) is -1.27. The predicted octanol–water partition coefficient (Wildman–Crippen LogP) is 15.1. The van der Waals surface area contributed by atoms with Crippen LogP contribution >= 0.6 is 46.4 Å². The fourth-order valence-electron chi connectivity index (χ4n) is 21.7. The van der Waals surface area contributed by atoms with E-state index < -0.39 is 142 Å². The fraction of sp³-hybridized carbons (Fsp3) is 0.485. The van der Waals surface area contributed by atoms with Crippen LogP contribution < -0.4 is 65.6 Å². The number of ether oxygens (including phenoxy) is 6. The maximum atomic E-state index is 13.4. The molecule has 7 amide bonds. The molecule has 4 aromatic heterocycles. The molecule has 4 aliphatic heterocycles. The predicted molar refractivity (Wildman–Crippen MR) is 484 cm³/mol. The van der Waals surface area contributed by atoms with Gasteiger partial charge in [0.25, 0.3) is 41.4 Å². The highest BCUT2D eigenvalue weighted by Gasteiger charge is 2.69. The van der Waals surface area contributed by atoms with Crippen molar-refractivity contribution >= 4 is 99.3 Å². The van der Waals surface area contributed by atoms with Crippen LogP contribution in [-0.4, -0.2) is 180 Å². The van der Waals surface area contributed by atoms with Gasteiger partial charge < -0.3 is 90.6 Å². The highest BCUT2D eigenvalue weighted by Crippen LogP contribution is 2.69. The van der Waals surface area contributed by atoms with Crippen LogP contribution in [0.1, 0.15) is 285 Å². The van der Waals surface area contributed by atoms with Crippen molar-refractivity contribution in [2.24, 2.45) is 5.41 Å². The molecule has 44 heteroatoms. The van der Waals surface area contributed by atoms with Crippen molar-refractivity contribution in [3.63, 3.8) is 0 Å². The zero-order chi connectivity index (χ0) is 100. The normalized spacial score (nSPS) is 29.5. The summed E-state index contributed by atoms with van der Waals surface area (Å²) in [5.74, 6) is -2.60. The maximum Gasteiger partial charge on any atom is 0.573 e. The van der Waals surface area contributed by atoms with Crippen LogP contribution in [0.2, 0.25) is 20.1 Å². The van der Waals surface area contributed by atoms with Gasteiger partial charge in [0.15, 0.2) is 36.0 Å². The molecule has 11 N–H and O–H groups in total. The van der Waals surface area contributed by atoms with Crippen LogP contribution in [0.3, 0.4) is 0 Å². The van der Waals surface area contributed by atoms with Gasteiger partial charge in [0.2, 0.25) is 5.76 Å². The van der Waals surface area contributed by atoms with Crippen LogP contribution in [0.25, 0.3) is 0 Å². The Kier molecular flexibility index (Phi) is 28.1. The van der Waals surface area contributed by atoms with Crippen LogP contribution in [0.5, 0.6) is 34.5 Å². The zero-order valence-electron chi connectivity index (χ0n) is 75.7. The standard InChI is InChI=1S/2C25H25ClF3N3O5.C24H25ClFN3O6.C23H23ClFN3O4/c2*26-14-1-4-19-16(11-14)18(33)12-20(36-19)22(35)32-24-8-5-23(6-9-24,7-10-24)31-21(34)17-3-2-15(13-30-17)37-25(27,28)29;1-12(26)15-9-19(35-29-15)22(33)27-23-4-6-24(7-5-23,20(31)11-23)28-21(32)18-10-16(30)14-8-13(25)2-3-17(14)34-18;1-12(25)15-7-27-16(8-26-15)18(30)6-22-9-23(10-22,11-22)28-21(31)20-5-17(29)14-4-13(24)2-3-19(14)32-20/h2*1-4,11,13,18,20,33H,5-10,12H2,(H,31,34)(H,32,35);2-3,8-9,12,18,20,31H,4-7,10-11H2,1H3,(H,27,33)(H,28,32);2-4,7-8,12,17,20,29H,5-6,9-11H2,1H3,(H,28,31)/t2*18-,20-,23?,24?;12?,18?,20-,23?,24?;/m100./s1. The second-order valence-corrected chi connectivity index (χ2v) is 40.8. The molecule has 12 saturated carbocycles. The summed E-state index contributed by atoms with van der Waals surface area (Å²) in [7, 11) is 0. The summed E-state index contributed by atoms with van der Waals surface area (Å²) >= 11 is 23.9. The van der Waals surface area contributed by atoms with E-state index >= 15 is 0 Å². The molecule has 0 radical (unpaired) electrons. The van der Waals surface area contributed by atoms with Gasteiger partial charge in [-0.25, -0.2) is 23.7 Å². The molecule has 10 atom stereocenters. The molecule has 5 unspecified atom stereocenters. The molecule has 8 bridgehead atoms. The van der Waals surface area contributed by atoms with E-state index in [9.17, 15) is 98.7 Å². The molecule has 24 rings (SSSR count). The van der Waals surface area contributed by atoms with Crippen molar-refractivity contribution in [2.75, 3.05) is 0 Å². The topological polar surface area (TPSA) is 452 Å². The molecule has 0 spiro atoms. The average Bonchev–Trinajstić information content (AvgIpc) is 0.701. The molecule has 141 heavy (non-hydrogen) atoms. The van der Waals surface area contributed by atoms with Gasteiger partial charge in [0, 0.05) is 102 Å². The lowest BCUT2D eigenvalue weighted by Gasteiger charge is -2.70. The molecule has 0 saturated heterocycles. The van der Waals surface area contributed by atoms with E-state index in [0.29, 0.717) is 194 Å². The van der Waals surface area contributed by atoms with E-state index in [4.69, 9.17) is 69.9 Å². The number of aromatic nitrogens is 5. The average molecular weight is 2050 g/mol. The number of rotatable bonds is 21. The smallest absolute Gasteiger partial charge is 0.480 e. The third-order valence-electron chi connectivity index (χ3n) is 29.3. The van der Waals surface area contributed by atoms with E-state index in [1.54, 1.807) is 66.7 Å². The first-order valence-corrected chi connectivity index (χ1v) is 47.6.